The minimum absolute atomic E-state index is 0.0943. The van der Waals surface area contributed by atoms with Crippen LogP contribution in [-0.2, 0) is 6.61 Å². The molecule has 23 heavy (non-hydrogen) atoms. The molecule has 1 aromatic heterocycles. The topological polar surface area (TPSA) is 52.1 Å². The van der Waals surface area contributed by atoms with Crippen LogP contribution in [-0.4, -0.2) is 15.4 Å². The van der Waals surface area contributed by atoms with Crippen LogP contribution < -0.4 is 4.74 Å². The van der Waals surface area contributed by atoms with Crippen molar-refractivity contribution in [2.75, 3.05) is 0 Å². The summed E-state index contributed by atoms with van der Waals surface area (Å²) in [4.78, 5) is 12.2. The van der Waals surface area contributed by atoms with E-state index in [1.807, 2.05) is 42.5 Å². The van der Waals surface area contributed by atoms with E-state index in [9.17, 15) is 4.79 Å². The summed E-state index contributed by atoms with van der Waals surface area (Å²) in [5, 5.41) is 5.65. The molecular formula is C18H14N2O2S. The van der Waals surface area contributed by atoms with E-state index >= 15 is 0 Å². The van der Waals surface area contributed by atoms with Crippen LogP contribution in [0.4, 0.5) is 0 Å². The molecule has 3 aromatic rings. The van der Waals surface area contributed by atoms with Gasteiger partial charge in [-0.3, -0.25) is 4.79 Å². The van der Waals surface area contributed by atoms with Gasteiger partial charge in [0.2, 0.25) is 0 Å². The lowest BCUT2D eigenvalue weighted by atomic mass is 10.1. The van der Waals surface area contributed by atoms with Crippen LogP contribution in [0.5, 0.6) is 5.75 Å². The molecule has 0 unspecified atom stereocenters. The molecule has 0 spiro atoms. The Morgan fingerprint density at radius 3 is 2.78 bits per heavy atom. The fourth-order valence-electron chi connectivity index (χ4n) is 1.98. The quantitative estimate of drug-likeness (QED) is 0.508. The van der Waals surface area contributed by atoms with Crippen LogP contribution in [0, 0.1) is 0 Å². The molecular weight excluding hydrogens is 308 g/mol. The van der Waals surface area contributed by atoms with E-state index in [4.69, 9.17) is 4.74 Å². The summed E-state index contributed by atoms with van der Waals surface area (Å²) < 4.78 is 9.49. The number of aromatic nitrogens is 2. The molecule has 5 heteroatoms. The lowest BCUT2D eigenvalue weighted by molar-refractivity contribution is 0.104. The second kappa shape index (κ2) is 7.47. The van der Waals surface area contributed by atoms with Crippen LogP contribution in [0.2, 0.25) is 0 Å². The van der Waals surface area contributed by atoms with Crippen LogP contribution in [0.3, 0.4) is 0 Å². The fraction of sp³-hybridized carbons (Fsp3) is 0.0556. The van der Waals surface area contributed by atoms with Gasteiger partial charge < -0.3 is 4.74 Å². The zero-order chi connectivity index (χ0) is 15.9. The van der Waals surface area contributed by atoms with Crippen molar-refractivity contribution in [2.24, 2.45) is 0 Å². The number of hydrogen-bond acceptors (Lipinski definition) is 5. The molecule has 0 aliphatic heterocycles. The third-order valence-corrected chi connectivity index (χ3v) is 3.67. The molecule has 0 fully saturated rings. The zero-order valence-corrected chi connectivity index (χ0v) is 13.1. The summed E-state index contributed by atoms with van der Waals surface area (Å²) in [5.41, 5.74) is 2.34. The first kappa shape index (κ1) is 15.1. The van der Waals surface area contributed by atoms with Gasteiger partial charge in [0.05, 0.1) is 5.69 Å². The van der Waals surface area contributed by atoms with Gasteiger partial charge in [-0.15, -0.1) is 5.10 Å². The number of allylic oxidation sites excluding steroid dienone is 1. The van der Waals surface area contributed by atoms with Crippen LogP contribution in [0.25, 0.3) is 6.08 Å². The summed E-state index contributed by atoms with van der Waals surface area (Å²) in [5.74, 6) is 0.576. The van der Waals surface area contributed by atoms with E-state index in [1.165, 1.54) is 17.6 Å². The van der Waals surface area contributed by atoms with Crippen molar-refractivity contribution in [3.8, 4) is 5.75 Å². The minimum atomic E-state index is -0.0943. The summed E-state index contributed by atoms with van der Waals surface area (Å²) >= 11 is 1.25. The van der Waals surface area contributed by atoms with Gasteiger partial charge in [-0.05, 0) is 41.4 Å². The Balaban J connectivity index is 1.66. The van der Waals surface area contributed by atoms with Crippen LogP contribution in [0.1, 0.15) is 21.6 Å². The van der Waals surface area contributed by atoms with Crippen molar-refractivity contribution < 1.29 is 9.53 Å². The number of nitrogens with zero attached hydrogens (tertiary/aromatic N) is 2. The van der Waals surface area contributed by atoms with Crippen molar-refractivity contribution in [1.82, 2.24) is 9.59 Å². The maximum atomic E-state index is 12.2. The van der Waals surface area contributed by atoms with E-state index in [0.717, 1.165) is 5.56 Å². The number of benzene rings is 2. The molecule has 0 saturated carbocycles. The molecule has 0 N–H and O–H groups in total. The monoisotopic (exact) mass is 322 g/mol. The van der Waals surface area contributed by atoms with Crippen LogP contribution in [0.15, 0.2) is 66.1 Å². The van der Waals surface area contributed by atoms with Gasteiger partial charge >= 0.3 is 0 Å². The molecule has 2 aromatic carbocycles. The van der Waals surface area contributed by atoms with Gasteiger partial charge in [0.25, 0.3) is 0 Å². The summed E-state index contributed by atoms with van der Waals surface area (Å²) in [6.45, 7) is 0.471. The summed E-state index contributed by atoms with van der Waals surface area (Å²) in [6.07, 6.45) is 3.15. The second-order valence-electron chi connectivity index (χ2n) is 4.83. The number of rotatable bonds is 6. The molecule has 4 nitrogen and oxygen atoms in total. The SMILES string of the molecule is O=C(C=Cc1csnn1)c1cccc(OCc2ccccc2)c1. The summed E-state index contributed by atoms with van der Waals surface area (Å²) in [7, 11) is 0. The summed E-state index contributed by atoms with van der Waals surface area (Å²) in [6, 6.07) is 17.1. The molecule has 0 radical (unpaired) electrons. The van der Waals surface area contributed by atoms with Gasteiger partial charge in [0.15, 0.2) is 5.78 Å². The third kappa shape index (κ3) is 4.34. The number of carbonyl (C=O) groups excluding carboxylic acids is 1. The molecule has 0 saturated heterocycles. The fourth-order valence-corrected chi connectivity index (χ4v) is 2.40. The molecule has 0 atom stereocenters. The highest BCUT2D eigenvalue weighted by Crippen LogP contribution is 2.16. The average Bonchev–Trinajstić information content (AvgIpc) is 3.12. The Morgan fingerprint density at radius 1 is 1.13 bits per heavy atom. The first-order valence-corrected chi connectivity index (χ1v) is 7.91. The highest BCUT2D eigenvalue weighted by atomic mass is 32.1. The third-order valence-electron chi connectivity index (χ3n) is 3.15. The molecule has 3 rings (SSSR count). The maximum Gasteiger partial charge on any atom is 0.186 e. The standard InChI is InChI=1S/C18H14N2O2S/c21-18(10-9-16-13-23-20-19-16)15-7-4-8-17(11-15)22-12-14-5-2-1-3-6-14/h1-11,13H,12H2. The number of ketones is 1. The predicted molar refractivity (Wildman–Crippen MR) is 90.5 cm³/mol. The molecule has 0 amide bonds. The first-order chi connectivity index (χ1) is 11.3. The lowest BCUT2D eigenvalue weighted by Crippen LogP contribution is -1.98. The highest BCUT2D eigenvalue weighted by molar-refractivity contribution is 7.03. The van der Waals surface area contributed by atoms with Crippen molar-refractivity contribution in [3.05, 3.63) is 82.9 Å². The predicted octanol–water partition coefficient (Wildman–Crippen LogP) is 4.01. The molecule has 114 valence electrons. The maximum absolute atomic E-state index is 12.2. The average molecular weight is 322 g/mol. The first-order valence-electron chi connectivity index (χ1n) is 7.07. The van der Waals surface area contributed by atoms with Gasteiger partial charge in [-0.1, -0.05) is 47.0 Å². The number of ether oxygens (including phenoxy) is 1. The van der Waals surface area contributed by atoms with E-state index in [2.05, 4.69) is 9.59 Å². The van der Waals surface area contributed by atoms with Gasteiger partial charge in [-0.25, -0.2) is 0 Å². The number of carbonyl (C=O) groups is 1. The van der Waals surface area contributed by atoms with E-state index < -0.39 is 0 Å². The Hall–Kier alpha value is -2.79. The largest absolute Gasteiger partial charge is 0.489 e. The molecule has 1 heterocycles. The minimum Gasteiger partial charge on any atom is -0.489 e. The molecule has 0 bridgehead atoms. The molecule has 0 aliphatic rings. The highest BCUT2D eigenvalue weighted by Gasteiger charge is 2.04. The normalized spacial score (nSPS) is 10.8. The zero-order valence-electron chi connectivity index (χ0n) is 12.3. The lowest BCUT2D eigenvalue weighted by Gasteiger charge is -2.07. The van der Waals surface area contributed by atoms with Gasteiger partial charge in [0, 0.05) is 10.9 Å². The Bertz CT molecular complexity index is 799. The van der Waals surface area contributed by atoms with Gasteiger partial charge in [-0.2, -0.15) is 0 Å². The Labute approximate surface area is 138 Å². The van der Waals surface area contributed by atoms with Crippen molar-refractivity contribution in [2.45, 2.75) is 6.61 Å². The molecule has 0 aliphatic carbocycles. The van der Waals surface area contributed by atoms with Crippen molar-refractivity contribution in [1.29, 1.82) is 0 Å². The van der Waals surface area contributed by atoms with Crippen molar-refractivity contribution in [3.63, 3.8) is 0 Å². The Morgan fingerprint density at radius 2 is 2.00 bits per heavy atom. The van der Waals surface area contributed by atoms with E-state index in [1.54, 1.807) is 23.6 Å². The van der Waals surface area contributed by atoms with E-state index in [0.29, 0.717) is 23.6 Å². The van der Waals surface area contributed by atoms with Crippen LogP contribution >= 0.6 is 11.5 Å². The second-order valence-corrected chi connectivity index (χ2v) is 5.44. The van der Waals surface area contributed by atoms with E-state index in [-0.39, 0.29) is 5.78 Å². The smallest absolute Gasteiger partial charge is 0.186 e. The van der Waals surface area contributed by atoms with Gasteiger partial charge in [0.1, 0.15) is 12.4 Å². The Kier molecular flexibility index (Phi) is 4.91. The number of hydrogen-bond donors (Lipinski definition) is 0. The van der Waals surface area contributed by atoms with Crippen molar-refractivity contribution >= 4 is 23.4 Å².